The number of carboxylic acid groups (broad SMARTS) is 1. The number of hydrogen-bond donors (Lipinski definition) is 2. The molecule has 7 heteroatoms. The van der Waals surface area contributed by atoms with E-state index in [9.17, 15) is 9.59 Å². The Morgan fingerprint density at radius 1 is 1.33 bits per heavy atom. The van der Waals surface area contributed by atoms with Crippen LogP contribution >= 0.6 is 0 Å². The third kappa shape index (κ3) is 5.95. The summed E-state index contributed by atoms with van der Waals surface area (Å²) in [5.41, 5.74) is 5.57. The molecule has 0 aliphatic carbocycles. The first-order chi connectivity index (χ1) is 8.43. The van der Waals surface area contributed by atoms with Crippen molar-refractivity contribution >= 4 is 11.9 Å². The number of hydrogen-bond acceptors (Lipinski definition) is 5. The number of amides is 1. The number of nitrogens with two attached hydrogens (primary N) is 1. The van der Waals surface area contributed by atoms with Gasteiger partial charge in [-0.3, -0.25) is 9.59 Å². The van der Waals surface area contributed by atoms with E-state index in [2.05, 4.69) is 0 Å². The molecule has 0 saturated heterocycles. The fraction of sp³-hybridized carbons (Fsp3) is 0.818. The molecule has 7 nitrogen and oxygen atoms in total. The molecule has 0 aromatic carbocycles. The van der Waals surface area contributed by atoms with Crippen LogP contribution in [0, 0.1) is 0 Å². The van der Waals surface area contributed by atoms with Crippen molar-refractivity contribution in [1.82, 2.24) is 4.90 Å². The molecule has 2 atom stereocenters. The second-order valence-electron chi connectivity index (χ2n) is 4.03. The first-order valence-electron chi connectivity index (χ1n) is 5.69. The predicted octanol–water partition coefficient (Wildman–Crippen LogP) is -0.702. The molecule has 0 aromatic rings. The summed E-state index contributed by atoms with van der Waals surface area (Å²) in [4.78, 5) is 24.1. The topological polar surface area (TPSA) is 102 Å². The summed E-state index contributed by atoms with van der Waals surface area (Å²) in [6.45, 7) is 2.88. The highest BCUT2D eigenvalue weighted by Crippen LogP contribution is 2.04. The van der Waals surface area contributed by atoms with Crippen LogP contribution in [-0.4, -0.2) is 67.9 Å². The molecule has 3 N–H and O–H groups in total. The molecule has 18 heavy (non-hydrogen) atoms. The molecule has 0 bridgehead atoms. The first-order valence-corrected chi connectivity index (χ1v) is 5.69. The fourth-order valence-corrected chi connectivity index (χ4v) is 1.56. The minimum absolute atomic E-state index is 0.183. The highest BCUT2D eigenvalue weighted by Gasteiger charge is 2.26. The maximum Gasteiger partial charge on any atom is 0.305 e. The van der Waals surface area contributed by atoms with Gasteiger partial charge in [-0.25, -0.2) is 0 Å². The summed E-state index contributed by atoms with van der Waals surface area (Å²) >= 11 is 0. The first kappa shape index (κ1) is 16.8. The SMILES string of the molecule is COCCN(C(=O)C(N)CC(=O)O)C(C)COC. The van der Waals surface area contributed by atoms with Crippen LogP contribution in [0.1, 0.15) is 13.3 Å². The molecule has 0 heterocycles. The Bertz CT molecular complexity index is 272. The number of carbonyl (C=O) groups excluding carboxylic acids is 1. The van der Waals surface area contributed by atoms with E-state index >= 15 is 0 Å². The Labute approximate surface area is 107 Å². The van der Waals surface area contributed by atoms with E-state index in [0.717, 1.165) is 0 Å². The minimum Gasteiger partial charge on any atom is -0.481 e. The van der Waals surface area contributed by atoms with E-state index < -0.39 is 17.9 Å². The van der Waals surface area contributed by atoms with Gasteiger partial charge < -0.3 is 25.2 Å². The van der Waals surface area contributed by atoms with Crippen LogP contribution < -0.4 is 5.73 Å². The van der Waals surface area contributed by atoms with Crippen LogP contribution in [0.15, 0.2) is 0 Å². The second kappa shape index (κ2) is 8.84. The van der Waals surface area contributed by atoms with E-state index in [1.165, 1.54) is 19.1 Å². The van der Waals surface area contributed by atoms with Gasteiger partial charge in [0.05, 0.1) is 31.7 Å². The number of nitrogens with zero attached hydrogens (tertiary/aromatic N) is 1. The zero-order valence-electron chi connectivity index (χ0n) is 11.1. The van der Waals surface area contributed by atoms with Gasteiger partial charge in [0.15, 0.2) is 0 Å². The van der Waals surface area contributed by atoms with Gasteiger partial charge in [-0.1, -0.05) is 0 Å². The average molecular weight is 262 g/mol. The van der Waals surface area contributed by atoms with E-state index in [1.54, 1.807) is 0 Å². The zero-order valence-corrected chi connectivity index (χ0v) is 11.1. The number of carboxylic acids is 1. The number of ether oxygens (including phenoxy) is 2. The summed E-state index contributed by atoms with van der Waals surface area (Å²) in [5, 5.41) is 8.63. The highest BCUT2D eigenvalue weighted by molar-refractivity contribution is 5.86. The summed E-state index contributed by atoms with van der Waals surface area (Å²) in [6, 6.07) is -1.23. The molecule has 0 aliphatic heterocycles. The summed E-state index contributed by atoms with van der Waals surface area (Å²) in [6.07, 6.45) is -0.387. The monoisotopic (exact) mass is 262 g/mol. The lowest BCUT2D eigenvalue weighted by molar-refractivity contribution is -0.143. The van der Waals surface area contributed by atoms with Crippen LogP contribution in [-0.2, 0) is 19.1 Å². The Morgan fingerprint density at radius 2 is 1.94 bits per heavy atom. The lowest BCUT2D eigenvalue weighted by Gasteiger charge is -2.30. The van der Waals surface area contributed by atoms with E-state index in [-0.39, 0.29) is 12.5 Å². The van der Waals surface area contributed by atoms with Gasteiger partial charge in [-0.2, -0.15) is 0 Å². The molecular formula is C11H22N2O5. The molecule has 0 fully saturated rings. The molecule has 106 valence electrons. The number of rotatable bonds is 9. The van der Waals surface area contributed by atoms with Crippen molar-refractivity contribution in [3.8, 4) is 0 Å². The van der Waals surface area contributed by atoms with E-state index in [4.69, 9.17) is 20.3 Å². The molecule has 0 spiro atoms. The Hall–Kier alpha value is -1.18. The van der Waals surface area contributed by atoms with Crippen molar-refractivity contribution in [3.05, 3.63) is 0 Å². The van der Waals surface area contributed by atoms with Crippen LogP contribution in [0.5, 0.6) is 0 Å². The average Bonchev–Trinajstić information content (AvgIpc) is 2.28. The van der Waals surface area contributed by atoms with Crippen LogP contribution in [0.2, 0.25) is 0 Å². The van der Waals surface area contributed by atoms with Gasteiger partial charge in [0.2, 0.25) is 5.91 Å². The van der Waals surface area contributed by atoms with Crippen molar-refractivity contribution < 1.29 is 24.2 Å². The second-order valence-corrected chi connectivity index (χ2v) is 4.03. The minimum atomic E-state index is -1.10. The Kier molecular flexibility index (Phi) is 8.27. The molecule has 0 aromatic heterocycles. The maximum atomic E-state index is 12.0. The summed E-state index contributed by atoms with van der Waals surface area (Å²) < 4.78 is 9.90. The summed E-state index contributed by atoms with van der Waals surface area (Å²) in [7, 11) is 3.06. The quantitative estimate of drug-likeness (QED) is 0.569. The standard InChI is InChI=1S/C11H22N2O5/c1-8(7-18-3)13(4-5-17-2)11(16)9(12)6-10(14)15/h8-9H,4-7,12H2,1-3H3,(H,14,15). The summed E-state index contributed by atoms with van der Waals surface area (Å²) in [5.74, 6) is -1.50. The van der Waals surface area contributed by atoms with Crippen molar-refractivity contribution in [1.29, 1.82) is 0 Å². The van der Waals surface area contributed by atoms with Gasteiger partial charge >= 0.3 is 5.97 Å². The molecule has 2 unspecified atom stereocenters. The van der Waals surface area contributed by atoms with Gasteiger partial charge in [0, 0.05) is 20.8 Å². The Balaban J connectivity index is 4.61. The lowest BCUT2D eigenvalue weighted by Crippen LogP contribution is -2.50. The van der Waals surface area contributed by atoms with Gasteiger partial charge in [0.1, 0.15) is 0 Å². The van der Waals surface area contributed by atoms with Crippen molar-refractivity contribution in [2.24, 2.45) is 5.73 Å². The third-order valence-electron chi connectivity index (χ3n) is 2.47. The third-order valence-corrected chi connectivity index (χ3v) is 2.47. The van der Waals surface area contributed by atoms with E-state index in [0.29, 0.717) is 19.8 Å². The zero-order chi connectivity index (χ0) is 14.1. The molecule has 0 rings (SSSR count). The number of aliphatic carboxylic acids is 1. The smallest absolute Gasteiger partial charge is 0.305 e. The van der Waals surface area contributed by atoms with E-state index in [1.807, 2.05) is 6.92 Å². The van der Waals surface area contributed by atoms with Crippen LogP contribution in [0.4, 0.5) is 0 Å². The normalized spacial score (nSPS) is 14.0. The van der Waals surface area contributed by atoms with Crippen molar-refractivity contribution in [2.45, 2.75) is 25.4 Å². The molecular weight excluding hydrogens is 240 g/mol. The lowest BCUT2D eigenvalue weighted by atomic mass is 10.1. The number of carbonyl (C=O) groups is 2. The fourth-order valence-electron chi connectivity index (χ4n) is 1.56. The van der Waals surface area contributed by atoms with Gasteiger partial charge in [-0.15, -0.1) is 0 Å². The Morgan fingerprint density at radius 3 is 2.39 bits per heavy atom. The van der Waals surface area contributed by atoms with Gasteiger partial charge in [-0.05, 0) is 6.92 Å². The largest absolute Gasteiger partial charge is 0.481 e. The molecule has 0 saturated carbocycles. The number of methoxy groups -OCH3 is 2. The predicted molar refractivity (Wildman–Crippen MR) is 65.2 cm³/mol. The van der Waals surface area contributed by atoms with Crippen molar-refractivity contribution in [3.63, 3.8) is 0 Å². The highest BCUT2D eigenvalue weighted by atomic mass is 16.5. The van der Waals surface area contributed by atoms with Gasteiger partial charge in [0.25, 0.3) is 0 Å². The molecule has 0 radical (unpaired) electrons. The molecule has 0 aliphatic rings. The molecule has 1 amide bonds. The van der Waals surface area contributed by atoms with Crippen molar-refractivity contribution in [2.75, 3.05) is 34.0 Å². The van der Waals surface area contributed by atoms with Crippen LogP contribution in [0.3, 0.4) is 0 Å². The maximum absolute atomic E-state index is 12.0. The van der Waals surface area contributed by atoms with Crippen LogP contribution in [0.25, 0.3) is 0 Å².